The number of halogens is 1. The van der Waals surface area contributed by atoms with Crippen LogP contribution < -0.4 is 10.1 Å². The molecule has 0 saturated carbocycles. The number of amides is 1. The van der Waals surface area contributed by atoms with Crippen LogP contribution in [0.5, 0.6) is 5.75 Å². The number of carbonyl (C=O) groups is 1. The van der Waals surface area contributed by atoms with Crippen LogP contribution in [-0.4, -0.2) is 33.2 Å². The minimum Gasteiger partial charge on any atom is -0.489 e. The Hall–Kier alpha value is -2.05. The van der Waals surface area contributed by atoms with Gasteiger partial charge in [-0.3, -0.25) is 4.79 Å². The molecule has 2 aromatic carbocycles. The molecule has 0 fully saturated rings. The van der Waals surface area contributed by atoms with Crippen LogP contribution in [0.15, 0.2) is 47.4 Å². The van der Waals surface area contributed by atoms with E-state index in [1.165, 1.54) is 12.1 Å². The highest BCUT2D eigenvalue weighted by atomic mass is 35.5. The highest BCUT2D eigenvalue weighted by molar-refractivity contribution is 7.90. The molecule has 1 unspecified atom stereocenters. The summed E-state index contributed by atoms with van der Waals surface area (Å²) in [6.07, 6.45) is 0.834. The third kappa shape index (κ3) is 5.47. The van der Waals surface area contributed by atoms with Crippen molar-refractivity contribution in [1.82, 2.24) is 5.32 Å². The van der Waals surface area contributed by atoms with E-state index in [2.05, 4.69) is 5.32 Å². The first-order valence-electron chi connectivity index (χ1n) is 7.68. The Morgan fingerprint density at radius 2 is 1.96 bits per heavy atom. The summed E-state index contributed by atoms with van der Waals surface area (Å²) in [5.74, 6) is 0.272. The zero-order valence-electron chi connectivity index (χ0n) is 14.2. The Labute approximate surface area is 152 Å². The van der Waals surface area contributed by atoms with Crippen molar-refractivity contribution in [2.75, 3.05) is 12.8 Å². The Bertz CT molecular complexity index is 880. The molecular formula is C18H20ClNO4S. The number of hydrogen-bond acceptors (Lipinski definition) is 4. The van der Waals surface area contributed by atoms with Crippen molar-refractivity contribution in [3.8, 4) is 5.75 Å². The number of ether oxygens (including phenoxy) is 1. The van der Waals surface area contributed by atoms with Gasteiger partial charge in [0.1, 0.15) is 11.9 Å². The minimum atomic E-state index is -3.37. The second-order valence-electron chi connectivity index (χ2n) is 5.84. The van der Waals surface area contributed by atoms with Gasteiger partial charge in [0.15, 0.2) is 9.84 Å². The van der Waals surface area contributed by atoms with Crippen LogP contribution in [0.3, 0.4) is 0 Å². The number of benzene rings is 2. The van der Waals surface area contributed by atoms with Gasteiger partial charge in [-0.15, -0.1) is 0 Å². The maximum absolute atomic E-state index is 12.4. The van der Waals surface area contributed by atoms with Crippen molar-refractivity contribution in [2.45, 2.75) is 24.8 Å². The first kappa shape index (κ1) is 19.3. The number of sulfone groups is 1. The predicted molar refractivity (Wildman–Crippen MR) is 98.2 cm³/mol. The minimum absolute atomic E-state index is 0.117. The molecular weight excluding hydrogens is 362 g/mol. The van der Waals surface area contributed by atoms with Crippen LogP contribution >= 0.6 is 11.6 Å². The average Bonchev–Trinajstić information content (AvgIpc) is 2.52. The van der Waals surface area contributed by atoms with Gasteiger partial charge in [0.05, 0.1) is 11.4 Å². The summed E-state index contributed by atoms with van der Waals surface area (Å²) in [4.78, 5) is 12.5. The molecule has 0 bridgehead atoms. The quantitative estimate of drug-likeness (QED) is 0.833. The standard InChI is InChI=1S/C18H20ClNO4S/c1-12-7-8-16(25(3,22)23)10-17(12)18(21)20-11-13(2)24-15-6-4-5-14(19)9-15/h4-10,13H,11H2,1-3H3,(H,20,21). The molecule has 0 aliphatic heterocycles. The van der Waals surface area contributed by atoms with E-state index in [4.69, 9.17) is 16.3 Å². The molecule has 5 nitrogen and oxygen atoms in total. The lowest BCUT2D eigenvalue weighted by molar-refractivity contribution is 0.0931. The molecule has 1 N–H and O–H groups in total. The average molecular weight is 382 g/mol. The monoisotopic (exact) mass is 381 g/mol. The maximum Gasteiger partial charge on any atom is 0.251 e. The van der Waals surface area contributed by atoms with Gasteiger partial charge in [-0.05, 0) is 49.7 Å². The zero-order valence-corrected chi connectivity index (χ0v) is 15.8. The molecule has 25 heavy (non-hydrogen) atoms. The lowest BCUT2D eigenvalue weighted by atomic mass is 10.1. The normalized spacial score (nSPS) is 12.5. The topological polar surface area (TPSA) is 72.5 Å². The van der Waals surface area contributed by atoms with Crippen LogP contribution in [0.1, 0.15) is 22.8 Å². The van der Waals surface area contributed by atoms with Crippen molar-refractivity contribution >= 4 is 27.3 Å². The summed E-state index contributed by atoms with van der Waals surface area (Å²) in [6.45, 7) is 3.85. The van der Waals surface area contributed by atoms with E-state index in [0.717, 1.165) is 6.26 Å². The number of hydrogen-bond donors (Lipinski definition) is 1. The van der Waals surface area contributed by atoms with Crippen molar-refractivity contribution in [3.63, 3.8) is 0 Å². The Morgan fingerprint density at radius 1 is 1.24 bits per heavy atom. The summed E-state index contributed by atoms with van der Waals surface area (Å²) in [6, 6.07) is 11.5. The molecule has 0 heterocycles. The van der Waals surface area contributed by atoms with Gasteiger partial charge in [-0.2, -0.15) is 0 Å². The second-order valence-corrected chi connectivity index (χ2v) is 8.30. The van der Waals surface area contributed by atoms with E-state index >= 15 is 0 Å². The predicted octanol–water partition coefficient (Wildman–Crippen LogP) is 3.25. The van der Waals surface area contributed by atoms with E-state index in [0.29, 0.717) is 21.9 Å². The fraction of sp³-hybridized carbons (Fsp3) is 0.278. The Morgan fingerprint density at radius 3 is 2.60 bits per heavy atom. The van der Waals surface area contributed by atoms with Crippen molar-refractivity contribution in [1.29, 1.82) is 0 Å². The van der Waals surface area contributed by atoms with Crippen LogP contribution in [-0.2, 0) is 9.84 Å². The first-order chi connectivity index (χ1) is 11.7. The lowest BCUT2D eigenvalue weighted by Crippen LogP contribution is -2.34. The fourth-order valence-electron chi connectivity index (χ4n) is 2.22. The second kappa shape index (κ2) is 7.89. The van der Waals surface area contributed by atoms with Gasteiger partial charge < -0.3 is 10.1 Å². The van der Waals surface area contributed by atoms with Crippen LogP contribution in [0, 0.1) is 6.92 Å². The molecule has 1 amide bonds. The van der Waals surface area contributed by atoms with E-state index in [1.54, 1.807) is 37.3 Å². The third-order valence-electron chi connectivity index (χ3n) is 3.57. The molecule has 2 aromatic rings. The van der Waals surface area contributed by atoms with E-state index in [-0.39, 0.29) is 23.5 Å². The zero-order chi connectivity index (χ0) is 18.6. The maximum atomic E-state index is 12.4. The molecule has 0 aliphatic rings. The third-order valence-corrected chi connectivity index (χ3v) is 4.91. The van der Waals surface area contributed by atoms with Gasteiger partial charge in [-0.1, -0.05) is 23.7 Å². The van der Waals surface area contributed by atoms with Gasteiger partial charge in [0.25, 0.3) is 5.91 Å². The van der Waals surface area contributed by atoms with Crippen molar-refractivity contribution < 1.29 is 17.9 Å². The first-order valence-corrected chi connectivity index (χ1v) is 9.95. The number of carbonyl (C=O) groups excluding carboxylic acids is 1. The molecule has 0 aliphatic carbocycles. The molecule has 7 heteroatoms. The van der Waals surface area contributed by atoms with Gasteiger partial charge in [0.2, 0.25) is 0 Å². The van der Waals surface area contributed by atoms with Crippen LogP contribution in [0.2, 0.25) is 5.02 Å². The van der Waals surface area contributed by atoms with Crippen molar-refractivity contribution in [2.24, 2.45) is 0 Å². The molecule has 134 valence electrons. The van der Waals surface area contributed by atoms with Crippen LogP contribution in [0.4, 0.5) is 0 Å². The van der Waals surface area contributed by atoms with Gasteiger partial charge >= 0.3 is 0 Å². The highest BCUT2D eigenvalue weighted by Crippen LogP contribution is 2.18. The summed E-state index contributed by atoms with van der Waals surface area (Å²) >= 11 is 5.91. The number of nitrogens with one attached hydrogen (secondary N) is 1. The molecule has 0 saturated heterocycles. The summed E-state index contributed by atoms with van der Waals surface area (Å²) in [5.41, 5.74) is 1.03. The summed E-state index contributed by atoms with van der Waals surface area (Å²) in [7, 11) is -3.37. The lowest BCUT2D eigenvalue weighted by Gasteiger charge is -2.16. The molecule has 1 atom stereocenters. The highest BCUT2D eigenvalue weighted by Gasteiger charge is 2.15. The van der Waals surface area contributed by atoms with E-state index in [1.807, 2.05) is 6.92 Å². The molecule has 0 radical (unpaired) electrons. The summed E-state index contributed by atoms with van der Waals surface area (Å²) < 4.78 is 29.0. The van der Waals surface area contributed by atoms with E-state index < -0.39 is 9.84 Å². The fourth-order valence-corrected chi connectivity index (χ4v) is 3.05. The SMILES string of the molecule is Cc1ccc(S(C)(=O)=O)cc1C(=O)NCC(C)Oc1cccc(Cl)c1. The van der Waals surface area contributed by atoms with Crippen LogP contribution in [0.25, 0.3) is 0 Å². The number of aryl methyl sites for hydroxylation is 1. The molecule has 2 rings (SSSR count). The largest absolute Gasteiger partial charge is 0.489 e. The smallest absolute Gasteiger partial charge is 0.251 e. The Balaban J connectivity index is 2.02. The molecule has 0 aromatic heterocycles. The number of rotatable bonds is 6. The van der Waals surface area contributed by atoms with E-state index in [9.17, 15) is 13.2 Å². The Kier molecular flexibility index (Phi) is 6.08. The molecule has 0 spiro atoms. The van der Waals surface area contributed by atoms with Crippen molar-refractivity contribution in [3.05, 3.63) is 58.6 Å². The van der Waals surface area contributed by atoms with Gasteiger partial charge in [-0.25, -0.2) is 8.42 Å². The van der Waals surface area contributed by atoms with Gasteiger partial charge in [0, 0.05) is 16.8 Å². The summed E-state index contributed by atoms with van der Waals surface area (Å²) in [5, 5.41) is 3.33.